The standard InChI is InChI=1S/C14H28O3/c1-7-9-10-14(5,6)17-13(15)16-12(8-2)11(3)4/h11-12H,7-10H2,1-6H3. The highest BCUT2D eigenvalue weighted by Gasteiger charge is 2.25. The number of carbonyl (C=O) groups excluding carboxylic acids is 1. The van der Waals surface area contributed by atoms with Crippen molar-refractivity contribution in [3.63, 3.8) is 0 Å². The molecular weight excluding hydrogens is 216 g/mol. The molecule has 0 N–H and O–H groups in total. The van der Waals surface area contributed by atoms with E-state index in [0.717, 1.165) is 25.7 Å². The van der Waals surface area contributed by atoms with Crippen molar-refractivity contribution < 1.29 is 14.3 Å². The number of ether oxygens (including phenoxy) is 2. The summed E-state index contributed by atoms with van der Waals surface area (Å²) in [5.41, 5.74) is -0.428. The maximum atomic E-state index is 11.7. The largest absolute Gasteiger partial charge is 0.509 e. The number of hydrogen-bond donors (Lipinski definition) is 0. The van der Waals surface area contributed by atoms with Crippen molar-refractivity contribution >= 4 is 6.16 Å². The molecule has 3 nitrogen and oxygen atoms in total. The molecule has 0 fully saturated rings. The summed E-state index contributed by atoms with van der Waals surface area (Å²) in [7, 11) is 0. The van der Waals surface area contributed by atoms with Crippen LogP contribution in [0.25, 0.3) is 0 Å². The second kappa shape index (κ2) is 7.57. The van der Waals surface area contributed by atoms with Crippen LogP contribution in [0.15, 0.2) is 0 Å². The molecule has 0 rings (SSSR count). The Balaban J connectivity index is 4.15. The molecule has 0 bridgehead atoms. The third kappa shape index (κ3) is 7.24. The highest BCUT2D eigenvalue weighted by molar-refractivity contribution is 5.60. The Kier molecular flexibility index (Phi) is 7.24. The molecule has 0 aliphatic rings. The molecule has 1 atom stereocenters. The summed E-state index contributed by atoms with van der Waals surface area (Å²) >= 11 is 0. The van der Waals surface area contributed by atoms with Gasteiger partial charge in [0.25, 0.3) is 0 Å². The van der Waals surface area contributed by atoms with Crippen LogP contribution >= 0.6 is 0 Å². The maximum Gasteiger partial charge on any atom is 0.509 e. The van der Waals surface area contributed by atoms with Gasteiger partial charge >= 0.3 is 6.16 Å². The van der Waals surface area contributed by atoms with Gasteiger partial charge in [-0.2, -0.15) is 0 Å². The summed E-state index contributed by atoms with van der Waals surface area (Å²) in [6.45, 7) is 12.1. The molecule has 0 radical (unpaired) electrons. The minimum Gasteiger partial charge on any atom is -0.431 e. The van der Waals surface area contributed by atoms with Gasteiger partial charge in [0.15, 0.2) is 0 Å². The zero-order valence-electron chi connectivity index (χ0n) is 12.2. The van der Waals surface area contributed by atoms with Crippen LogP contribution < -0.4 is 0 Å². The zero-order chi connectivity index (χ0) is 13.5. The lowest BCUT2D eigenvalue weighted by atomic mass is 10.0. The van der Waals surface area contributed by atoms with E-state index in [0.29, 0.717) is 5.92 Å². The van der Waals surface area contributed by atoms with E-state index in [-0.39, 0.29) is 6.10 Å². The minimum absolute atomic E-state index is 0.0514. The summed E-state index contributed by atoms with van der Waals surface area (Å²) < 4.78 is 10.7. The second-order valence-corrected chi connectivity index (χ2v) is 5.52. The highest BCUT2D eigenvalue weighted by atomic mass is 16.7. The van der Waals surface area contributed by atoms with Crippen LogP contribution in [0, 0.1) is 5.92 Å². The Hall–Kier alpha value is -0.730. The van der Waals surface area contributed by atoms with Crippen LogP contribution in [-0.2, 0) is 9.47 Å². The first kappa shape index (κ1) is 16.3. The van der Waals surface area contributed by atoms with Crippen molar-refractivity contribution in [3.8, 4) is 0 Å². The van der Waals surface area contributed by atoms with E-state index in [4.69, 9.17) is 9.47 Å². The van der Waals surface area contributed by atoms with E-state index >= 15 is 0 Å². The first-order valence-corrected chi connectivity index (χ1v) is 6.72. The molecule has 102 valence electrons. The second-order valence-electron chi connectivity index (χ2n) is 5.52. The summed E-state index contributed by atoms with van der Waals surface area (Å²) in [6.07, 6.45) is 3.27. The SMILES string of the molecule is CCCCC(C)(C)OC(=O)OC(CC)C(C)C. The third-order valence-corrected chi connectivity index (χ3v) is 2.89. The number of unbranched alkanes of at least 4 members (excludes halogenated alkanes) is 1. The maximum absolute atomic E-state index is 11.7. The summed E-state index contributed by atoms with van der Waals surface area (Å²) in [4.78, 5) is 11.7. The predicted octanol–water partition coefficient (Wildman–Crippen LogP) is 4.54. The Morgan fingerprint density at radius 3 is 2.24 bits per heavy atom. The van der Waals surface area contributed by atoms with Crippen LogP contribution in [0.1, 0.15) is 67.2 Å². The van der Waals surface area contributed by atoms with Gasteiger partial charge in [-0.25, -0.2) is 4.79 Å². The van der Waals surface area contributed by atoms with E-state index in [1.54, 1.807) is 0 Å². The summed E-state index contributed by atoms with van der Waals surface area (Å²) in [5, 5.41) is 0. The minimum atomic E-state index is -0.536. The third-order valence-electron chi connectivity index (χ3n) is 2.89. The Morgan fingerprint density at radius 2 is 1.82 bits per heavy atom. The van der Waals surface area contributed by atoms with Gasteiger partial charge in [-0.3, -0.25) is 0 Å². The van der Waals surface area contributed by atoms with Gasteiger partial charge in [-0.1, -0.05) is 34.1 Å². The van der Waals surface area contributed by atoms with Crippen LogP contribution in [0.4, 0.5) is 4.79 Å². The predicted molar refractivity (Wildman–Crippen MR) is 70.1 cm³/mol. The lowest BCUT2D eigenvalue weighted by Crippen LogP contribution is -2.31. The fourth-order valence-corrected chi connectivity index (χ4v) is 1.72. The van der Waals surface area contributed by atoms with E-state index in [1.165, 1.54) is 0 Å². The van der Waals surface area contributed by atoms with E-state index in [1.807, 2.05) is 34.6 Å². The molecule has 0 aliphatic heterocycles. The molecule has 0 saturated heterocycles. The average molecular weight is 244 g/mol. The number of hydrogen-bond acceptors (Lipinski definition) is 3. The molecule has 0 amide bonds. The molecule has 3 heteroatoms. The molecule has 0 aromatic carbocycles. The van der Waals surface area contributed by atoms with Gasteiger partial charge in [0.1, 0.15) is 11.7 Å². The first-order chi connectivity index (χ1) is 7.82. The molecule has 0 heterocycles. The van der Waals surface area contributed by atoms with Crippen molar-refractivity contribution in [1.29, 1.82) is 0 Å². The summed E-state index contributed by atoms with van der Waals surface area (Å²) in [5.74, 6) is 0.325. The lowest BCUT2D eigenvalue weighted by Gasteiger charge is -2.27. The topological polar surface area (TPSA) is 35.5 Å². The number of carbonyl (C=O) groups is 1. The van der Waals surface area contributed by atoms with Crippen LogP contribution in [0.5, 0.6) is 0 Å². The van der Waals surface area contributed by atoms with E-state index in [9.17, 15) is 4.79 Å². The van der Waals surface area contributed by atoms with Crippen molar-refractivity contribution in [2.45, 2.75) is 78.9 Å². The van der Waals surface area contributed by atoms with Crippen molar-refractivity contribution in [1.82, 2.24) is 0 Å². The molecule has 0 spiro atoms. The van der Waals surface area contributed by atoms with Gasteiger partial charge in [0.2, 0.25) is 0 Å². The van der Waals surface area contributed by atoms with Crippen molar-refractivity contribution in [3.05, 3.63) is 0 Å². The van der Waals surface area contributed by atoms with Gasteiger partial charge in [-0.05, 0) is 39.0 Å². The normalized spacial score (nSPS) is 13.6. The first-order valence-electron chi connectivity index (χ1n) is 6.72. The Labute approximate surface area is 106 Å². The molecule has 0 aromatic rings. The Bertz CT molecular complexity index is 222. The number of rotatable bonds is 7. The fourth-order valence-electron chi connectivity index (χ4n) is 1.72. The van der Waals surface area contributed by atoms with Gasteiger partial charge in [0.05, 0.1) is 0 Å². The smallest absolute Gasteiger partial charge is 0.431 e. The Morgan fingerprint density at radius 1 is 1.24 bits per heavy atom. The lowest BCUT2D eigenvalue weighted by molar-refractivity contribution is -0.0471. The van der Waals surface area contributed by atoms with E-state index < -0.39 is 11.8 Å². The fraction of sp³-hybridized carbons (Fsp3) is 0.929. The average Bonchev–Trinajstić information content (AvgIpc) is 2.22. The van der Waals surface area contributed by atoms with E-state index in [2.05, 4.69) is 6.92 Å². The zero-order valence-corrected chi connectivity index (χ0v) is 12.2. The van der Waals surface area contributed by atoms with Gasteiger partial charge in [0, 0.05) is 0 Å². The highest BCUT2D eigenvalue weighted by Crippen LogP contribution is 2.20. The van der Waals surface area contributed by atoms with Gasteiger partial charge < -0.3 is 9.47 Å². The van der Waals surface area contributed by atoms with Crippen molar-refractivity contribution in [2.75, 3.05) is 0 Å². The molecule has 0 aliphatic carbocycles. The van der Waals surface area contributed by atoms with Crippen LogP contribution in [-0.4, -0.2) is 17.9 Å². The molecule has 17 heavy (non-hydrogen) atoms. The van der Waals surface area contributed by atoms with Crippen LogP contribution in [0.2, 0.25) is 0 Å². The van der Waals surface area contributed by atoms with Crippen molar-refractivity contribution in [2.24, 2.45) is 5.92 Å². The van der Waals surface area contributed by atoms with Crippen LogP contribution in [0.3, 0.4) is 0 Å². The summed E-state index contributed by atoms with van der Waals surface area (Å²) in [6, 6.07) is 0. The molecule has 1 unspecified atom stereocenters. The quantitative estimate of drug-likeness (QED) is 0.617. The molecule has 0 saturated carbocycles. The monoisotopic (exact) mass is 244 g/mol. The van der Waals surface area contributed by atoms with Gasteiger partial charge in [-0.15, -0.1) is 0 Å². The molecular formula is C14H28O3. The molecule has 0 aromatic heterocycles.